The molecule has 4 aliphatic carbocycles. The first-order valence-corrected chi connectivity index (χ1v) is 9.34. The Balaban J connectivity index is 1.76. The average Bonchev–Trinajstić information content (AvgIpc) is 2.72. The predicted octanol–water partition coefficient (Wildman–Crippen LogP) is 3.24. The summed E-state index contributed by atoms with van der Waals surface area (Å²) < 4.78 is 0. The van der Waals surface area contributed by atoms with Crippen LogP contribution in [0.5, 0.6) is 0 Å². The van der Waals surface area contributed by atoms with E-state index in [1.54, 1.807) is 0 Å². The number of hydrogen-bond donors (Lipinski definition) is 2. The van der Waals surface area contributed by atoms with Gasteiger partial charge < -0.3 is 10.2 Å². The van der Waals surface area contributed by atoms with Gasteiger partial charge in [-0.3, -0.25) is 4.79 Å². The second kappa shape index (κ2) is 4.70. The lowest BCUT2D eigenvalue weighted by atomic mass is 9.47. The number of aliphatic hydroxyl groups is 2. The van der Waals surface area contributed by atoms with Crippen molar-refractivity contribution < 1.29 is 15.0 Å². The summed E-state index contributed by atoms with van der Waals surface area (Å²) in [7, 11) is 0. The number of rotatable bonds is 0. The quantitative estimate of drug-likeness (QED) is 0.721. The van der Waals surface area contributed by atoms with E-state index in [-0.39, 0.29) is 28.6 Å². The van der Waals surface area contributed by atoms with Crippen molar-refractivity contribution in [3.05, 3.63) is 11.6 Å². The zero-order chi connectivity index (χ0) is 16.6. The zero-order valence-corrected chi connectivity index (χ0v) is 14.6. The number of carbonyl (C=O) groups is 1. The number of hydrogen-bond acceptors (Lipinski definition) is 3. The maximum Gasteiger partial charge on any atom is 0.159 e. The van der Waals surface area contributed by atoms with Crippen molar-refractivity contribution in [1.82, 2.24) is 0 Å². The highest BCUT2D eigenvalue weighted by Gasteiger charge is 2.63. The summed E-state index contributed by atoms with van der Waals surface area (Å²) in [5.74, 6) is 1.05. The second-order valence-electron chi connectivity index (χ2n) is 9.39. The lowest BCUT2D eigenvalue weighted by molar-refractivity contribution is -0.144. The molecule has 3 nitrogen and oxygen atoms in total. The Labute approximate surface area is 139 Å². The van der Waals surface area contributed by atoms with Crippen LogP contribution < -0.4 is 0 Å². The van der Waals surface area contributed by atoms with Gasteiger partial charge in [0.05, 0.1) is 11.7 Å². The molecule has 0 amide bonds. The van der Waals surface area contributed by atoms with E-state index in [1.165, 1.54) is 5.57 Å². The second-order valence-corrected chi connectivity index (χ2v) is 9.39. The Morgan fingerprint density at radius 3 is 2.48 bits per heavy atom. The minimum absolute atomic E-state index is 0.0757. The number of fused-ring (bicyclic) bond motifs is 5. The van der Waals surface area contributed by atoms with E-state index >= 15 is 0 Å². The highest BCUT2D eigenvalue weighted by molar-refractivity contribution is 5.94. The Bertz CT molecular complexity index is 577. The maximum atomic E-state index is 13.0. The number of allylic oxidation sites excluding steroid dienone is 1. The molecule has 3 saturated carbocycles. The molecule has 0 bridgehead atoms. The summed E-state index contributed by atoms with van der Waals surface area (Å²) >= 11 is 0. The molecule has 0 heterocycles. The summed E-state index contributed by atoms with van der Waals surface area (Å²) in [6.07, 6.45) is 7.95. The van der Waals surface area contributed by atoms with E-state index < -0.39 is 5.60 Å². The summed E-state index contributed by atoms with van der Waals surface area (Å²) in [6, 6.07) is 0. The van der Waals surface area contributed by atoms with Crippen molar-refractivity contribution in [3.63, 3.8) is 0 Å². The first-order chi connectivity index (χ1) is 10.7. The van der Waals surface area contributed by atoms with Crippen LogP contribution in [0.25, 0.3) is 0 Å². The number of aliphatic hydroxyl groups excluding tert-OH is 1. The average molecular weight is 318 g/mol. The maximum absolute atomic E-state index is 13.0. The Morgan fingerprint density at radius 1 is 1.04 bits per heavy atom. The number of carbonyl (C=O) groups excluding carboxylic acids is 1. The summed E-state index contributed by atoms with van der Waals surface area (Å²) in [4.78, 5) is 13.0. The van der Waals surface area contributed by atoms with E-state index in [9.17, 15) is 15.0 Å². The van der Waals surface area contributed by atoms with Crippen molar-refractivity contribution >= 4 is 5.78 Å². The van der Waals surface area contributed by atoms with Gasteiger partial charge in [0, 0.05) is 5.92 Å². The van der Waals surface area contributed by atoms with Gasteiger partial charge in [-0.15, -0.1) is 0 Å². The topological polar surface area (TPSA) is 57.5 Å². The van der Waals surface area contributed by atoms with E-state index in [0.717, 1.165) is 38.5 Å². The molecule has 0 aromatic heterocycles. The van der Waals surface area contributed by atoms with Gasteiger partial charge in [0.25, 0.3) is 0 Å². The molecule has 7 atom stereocenters. The molecule has 0 aromatic carbocycles. The van der Waals surface area contributed by atoms with Crippen LogP contribution >= 0.6 is 0 Å². The molecule has 0 aliphatic heterocycles. The lowest BCUT2D eigenvalue weighted by Crippen LogP contribution is -2.56. The summed E-state index contributed by atoms with van der Waals surface area (Å²) in [5.41, 5.74) is 0.500. The minimum atomic E-state index is -0.642. The van der Waals surface area contributed by atoms with E-state index in [2.05, 4.69) is 13.8 Å². The van der Waals surface area contributed by atoms with Crippen LogP contribution in [-0.2, 0) is 4.79 Å². The van der Waals surface area contributed by atoms with Crippen molar-refractivity contribution in [3.8, 4) is 0 Å². The van der Waals surface area contributed by atoms with E-state index in [4.69, 9.17) is 0 Å². The largest absolute Gasteiger partial charge is 0.393 e. The minimum Gasteiger partial charge on any atom is -0.393 e. The molecule has 23 heavy (non-hydrogen) atoms. The molecule has 0 spiro atoms. The Kier molecular flexibility index (Phi) is 3.23. The molecule has 2 N–H and O–H groups in total. The SMILES string of the molecule is C[C@]12CC[C@H](O)CC1=CC(=O)[C@@H]1[C@@H]2CC[C@@]2(C)[C@H]1CC[C@]2(C)O. The zero-order valence-electron chi connectivity index (χ0n) is 14.6. The van der Waals surface area contributed by atoms with Crippen LogP contribution in [0.1, 0.15) is 65.7 Å². The molecular weight excluding hydrogens is 288 g/mol. The van der Waals surface area contributed by atoms with Gasteiger partial charge >= 0.3 is 0 Å². The first-order valence-electron chi connectivity index (χ1n) is 9.34. The molecule has 0 unspecified atom stereocenters. The van der Waals surface area contributed by atoms with Gasteiger partial charge in [-0.05, 0) is 80.6 Å². The third-order valence-electron chi connectivity index (χ3n) is 8.48. The normalized spacial score (nSPS) is 55.7. The number of ketones is 1. The van der Waals surface area contributed by atoms with Gasteiger partial charge in [-0.1, -0.05) is 19.4 Å². The highest BCUT2D eigenvalue weighted by Crippen LogP contribution is 2.66. The molecule has 3 fully saturated rings. The van der Waals surface area contributed by atoms with Crippen LogP contribution in [0, 0.1) is 28.6 Å². The predicted molar refractivity (Wildman–Crippen MR) is 88.7 cm³/mol. The molecule has 3 heteroatoms. The van der Waals surface area contributed by atoms with Gasteiger partial charge in [-0.2, -0.15) is 0 Å². The molecule has 0 aromatic rings. The molecule has 0 radical (unpaired) electrons. The first kappa shape index (κ1) is 15.8. The fourth-order valence-corrected chi connectivity index (χ4v) is 6.63. The van der Waals surface area contributed by atoms with Crippen LogP contribution in [0.4, 0.5) is 0 Å². The van der Waals surface area contributed by atoms with Crippen LogP contribution in [0.15, 0.2) is 11.6 Å². The van der Waals surface area contributed by atoms with Crippen molar-refractivity contribution in [1.29, 1.82) is 0 Å². The van der Waals surface area contributed by atoms with Crippen molar-refractivity contribution in [2.45, 2.75) is 77.4 Å². The standard InChI is InChI=1S/C20H30O3/c1-18-7-4-13(21)10-12(18)11-16(22)17-14(18)5-8-19(2)15(17)6-9-20(19,3)23/h11,13-15,17,21,23H,4-10H2,1-3H3/t13-,14-,15-,17+,18-,19-,20-/m0/s1. The van der Waals surface area contributed by atoms with E-state index in [0.29, 0.717) is 18.3 Å². The van der Waals surface area contributed by atoms with Crippen LogP contribution in [0.3, 0.4) is 0 Å². The van der Waals surface area contributed by atoms with E-state index in [1.807, 2.05) is 13.0 Å². The van der Waals surface area contributed by atoms with Gasteiger partial charge in [0.2, 0.25) is 0 Å². The molecule has 4 aliphatic rings. The Morgan fingerprint density at radius 2 is 1.74 bits per heavy atom. The highest BCUT2D eigenvalue weighted by atomic mass is 16.3. The molecule has 4 rings (SSSR count). The molecule has 0 saturated heterocycles. The van der Waals surface area contributed by atoms with Crippen molar-refractivity contribution in [2.75, 3.05) is 0 Å². The van der Waals surface area contributed by atoms with Crippen molar-refractivity contribution in [2.24, 2.45) is 28.6 Å². The van der Waals surface area contributed by atoms with Gasteiger partial charge in [0.15, 0.2) is 5.78 Å². The van der Waals surface area contributed by atoms with Crippen LogP contribution in [-0.4, -0.2) is 27.7 Å². The summed E-state index contributed by atoms with van der Waals surface area (Å²) in [6.45, 7) is 6.51. The monoisotopic (exact) mass is 318 g/mol. The lowest BCUT2D eigenvalue weighted by Gasteiger charge is -2.57. The third kappa shape index (κ3) is 1.93. The molecule has 128 valence electrons. The fraction of sp³-hybridized carbons (Fsp3) is 0.850. The van der Waals surface area contributed by atoms with Crippen LogP contribution in [0.2, 0.25) is 0 Å². The van der Waals surface area contributed by atoms with Gasteiger partial charge in [-0.25, -0.2) is 0 Å². The van der Waals surface area contributed by atoms with Gasteiger partial charge in [0.1, 0.15) is 0 Å². The summed E-state index contributed by atoms with van der Waals surface area (Å²) in [5, 5.41) is 20.9. The fourth-order valence-electron chi connectivity index (χ4n) is 6.63. The Hall–Kier alpha value is -0.670. The molecular formula is C20H30O3. The smallest absolute Gasteiger partial charge is 0.159 e. The third-order valence-corrected chi connectivity index (χ3v) is 8.48.